The van der Waals surface area contributed by atoms with Gasteiger partial charge in [-0.1, -0.05) is 26.8 Å². The van der Waals surface area contributed by atoms with Gasteiger partial charge in [0.15, 0.2) is 11.5 Å². The number of methoxy groups -OCH3 is 2. The van der Waals surface area contributed by atoms with E-state index in [1.165, 1.54) is 24.8 Å². The van der Waals surface area contributed by atoms with E-state index >= 15 is 0 Å². The molecule has 0 amide bonds. The molecular formula is C20H31NO2. The van der Waals surface area contributed by atoms with Crippen LogP contribution < -0.4 is 14.8 Å². The van der Waals surface area contributed by atoms with E-state index in [0.717, 1.165) is 30.4 Å². The topological polar surface area (TPSA) is 30.5 Å². The van der Waals surface area contributed by atoms with Gasteiger partial charge in [0.1, 0.15) is 0 Å². The molecule has 1 aromatic rings. The molecule has 0 unspecified atom stereocenters. The summed E-state index contributed by atoms with van der Waals surface area (Å²) in [5.74, 6) is 2.51. The molecule has 23 heavy (non-hydrogen) atoms. The third kappa shape index (κ3) is 2.63. The smallest absolute Gasteiger partial charge is 0.160 e. The summed E-state index contributed by atoms with van der Waals surface area (Å²) in [6.07, 6.45) is 5.16. The van der Waals surface area contributed by atoms with Crippen molar-refractivity contribution < 1.29 is 9.47 Å². The fraction of sp³-hybridized carbons (Fsp3) is 0.700. The predicted molar refractivity (Wildman–Crippen MR) is 94.3 cm³/mol. The van der Waals surface area contributed by atoms with Crippen LogP contribution in [0.15, 0.2) is 18.2 Å². The number of ether oxygens (including phenoxy) is 2. The highest BCUT2D eigenvalue weighted by Gasteiger charge is 2.60. The van der Waals surface area contributed by atoms with Gasteiger partial charge in [0.2, 0.25) is 0 Å². The van der Waals surface area contributed by atoms with Gasteiger partial charge in [-0.2, -0.15) is 0 Å². The molecule has 0 aromatic heterocycles. The lowest BCUT2D eigenvalue weighted by Crippen LogP contribution is -2.45. The largest absolute Gasteiger partial charge is 0.493 e. The third-order valence-electron chi connectivity index (χ3n) is 7.05. The number of hydrogen-bond donors (Lipinski definition) is 1. The van der Waals surface area contributed by atoms with Crippen LogP contribution in [0.4, 0.5) is 0 Å². The highest BCUT2D eigenvalue weighted by atomic mass is 16.5. The van der Waals surface area contributed by atoms with Crippen LogP contribution in [-0.2, 0) is 6.42 Å². The van der Waals surface area contributed by atoms with Crippen LogP contribution in [0.3, 0.4) is 0 Å². The minimum atomic E-state index is 0.454. The van der Waals surface area contributed by atoms with Crippen LogP contribution in [0.5, 0.6) is 11.5 Å². The molecule has 3 rings (SSSR count). The van der Waals surface area contributed by atoms with E-state index in [1.54, 1.807) is 14.2 Å². The fourth-order valence-electron chi connectivity index (χ4n) is 4.94. The molecule has 2 aliphatic carbocycles. The lowest BCUT2D eigenvalue weighted by Gasteiger charge is -2.39. The summed E-state index contributed by atoms with van der Waals surface area (Å²) >= 11 is 0. The lowest BCUT2D eigenvalue weighted by atomic mass is 9.69. The lowest BCUT2D eigenvalue weighted by molar-refractivity contribution is 0.121. The van der Waals surface area contributed by atoms with E-state index in [-0.39, 0.29) is 0 Å². The molecule has 2 saturated carbocycles. The Morgan fingerprint density at radius 2 is 1.87 bits per heavy atom. The standard InChI is InChI=1S/C20H31NO2/c1-19(2)15-8-10-20(19,3)18(13-15)21-11-9-14-6-7-16(22-4)17(12-14)23-5/h6-7,12,15,18,21H,8-11,13H2,1-5H3/t15-,18-,20-/m1/s1. The first kappa shape index (κ1) is 16.6. The molecule has 1 N–H and O–H groups in total. The Labute approximate surface area is 140 Å². The van der Waals surface area contributed by atoms with Gasteiger partial charge < -0.3 is 14.8 Å². The minimum Gasteiger partial charge on any atom is -0.493 e. The molecule has 1 aromatic carbocycles. The molecule has 0 saturated heterocycles. The Morgan fingerprint density at radius 3 is 2.43 bits per heavy atom. The van der Waals surface area contributed by atoms with Gasteiger partial charge in [-0.05, 0) is 66.7 Å². The molecule has 0 heterocycles. The van der Waals surface area contributed by atoms with Crippen molar-refractivity contribution in [2.45, 2.75) is 52.5 Å². The second kappa shape index (κ2) is 6.01. The quantitative estimate of drug-likeness (QED) is 0.858. The molecule has 2 aliphatic rings. The summed E-state index contributed by atoms with van der Waals surface area (Å²) < 4.78 is 10.7. The number of rotatable bonds is 6. The monoisotopic (exact) mass is 317 g/mol. The van der Waals surface area contributed by atoms with Crippen LogP contribution >= 0.6 is 0 Å². The zero-order chi connectivity index (χ0) is 16.7. The average molecular weight is 317 g/mol. The van der Waals surface area contributed by atoms with Crippen LogP contribution in [0.1, 0.15) is 45.6 Å². The molecule has 0 spiro atoms. The molecule has 128 valence electrons. The van der Waals surface area contributed by atoms with E-state index in [0.29, 0.717) is 16.9 Å². The summed E-state index contributed by atoms with van der Waals surface area (Å²) in [7, 11) is 3.37. The van der Waals surface area contributed by atoms with Crippen molar-refractivity contribution in [3.8, 4) is 11.5 Å². The van der Waals surface area contributed by atoms with Crippen molar-refractivity contribution in [2.75, 3.05) is 20.8 Å². The van der Waals surface area contributed by atoms with Crippen LogP contribution in [0.2, 0.25) is 0 Å². The number of benzene rings is 1. The molecular weight excluding hydrogens is 286 g/mol. The molecule has 3 atom stereocenters. The first-order valence-electron chi connectivity index (χ1n) is 8.86. The Hall–Kier alpha value is -1.22. The van der Waals surface area contributed by atoms with Crippen LogP contribution in [-0.4, -0.2) is 26.8 Å². The number of nitrogens with one attached hydrogen (secondary N) is 1. The Kier molecular flexibility index (Phi) is 4.35. The molecule has 0 aliphatic heterocycles. The summed E-state index contributed by atoms with van der Waals surface area (Å²) in [5, 5.41) is 3.85. The van der Waals surface area contributed by atoms with Gasteiger partial charge in [-0.3, -0.25) is 0 Å². The molecule has 0 radical (unpaired) electrons. The molecule has 3 heteroatoms. The van der Waals surface area contributed by atoms with Crippen molar-refractivity contribution in [2.24, 2.45) is 16.7 Å². The first-order valence-corrected chi connectivity index (χ1v) is 8.86. The van der Waals surface area contributed by atoms with Gasteiger partial charge in [0, 0.05) is 6.04 Å². The normalized spacial score (nSPS) is 31.3. The van der Waals surface area contributed by atoms with Crippen molar-refractivity contribution >= 4 is 0 Å². The predicted octanol–water partition coefficient (Wildman–Crippen LogP) is 4.05. The van der Waals surface area contributed by atoms with Crippen LogP contribution in [0.25, 0.3) is 0 Å². The van der Waals surface area contributed by atoms with E-state index in [9.17, 15) is 0 Å². The highest BCUT2D eigenvalue weighted by Crippen LogP contribution is 2.65. The average Bonchev–Trinajstić information content (AvgIpc) is 2.88. The summed E-state index contributed by atoms with van der Waals surface area (Å²) in [6.45, 7) is 8.47. The second-order valence-corrected chi connectivity index (χ2v) is 8.06. The SMILES string of the molecule is COc1ccc(CCN[C@@H]2C[C@H]3CC[C@@]2(C)C3(C)C)cc1OC. The minimum absolute atomic E-state index is 0.454. The van der Waals surface area contributed by atoms with E-state index in [4.69, 9.17) is 9.47 Å². The third-order valence-corrected chi connectivity index (χ3v) is 7.05. The van der Waals surface area contributed by atoms with Gasteiger partial charge in [0.25, 0.3) is 0 Å². The number of hydrogen-bond acceptors (Lipinski definition) is 3. The molecule has 2 fully saturated rings. The van der Waals surface area contributed by atoms with E-state index in [2.05, 4.69) is 38.2 Å². The molecule has 3 nitrogen and oxygen atoms in total. The van der Waals surface area contributed by atoms with Crippen LogP contribution in [0, 0.1) is 16.7 Å². The maximum absolute atomic E-state index is 5.39. The van der Waals surface area contributed by atoms with E-state index < -0.39 is 0 Å². The van der Waals surface area contributed by atoms with Crippen molar-refractivity contribution in [1.82, 2.24) is 5.32 Å². The fourth-order valence-corrected chi connectivity index (χ4v) is 4.94. The van der Waals surface area contributed by atoms with E-state index in [1.807, 2.05) is 6.07 Å². The van der Waals surface area contributed by atoms with Crippen molar-refractivity contribution in [3.05, 3.63) is 23.8 Å². The Morgan fingerprint density at radius 1 is 1.13 bits per heavy atom. The van der Waals surface area contributed by atoms with Gasteiger partial charge in [-0.25, -0.2) is 0 Å². The summed E-state index contributed by atoms with van der Waals surface area (Å²) in [5.41, 5.74) is 2.23. The zero-order valence-corrected chi connectivity index (χ0v) is 15.2. The first-order chi connectivity index (χ1) is 10.9. The molecule has 2 bridgehead atoms. The maximum atomic E-state index is 5.39. The van der Waals surface area contributed by atoms with Gasteiger partial charge in [0.05, 0.1) is 14.2 Å². The maximum Gasteiger partial charge on any atom is 0.160 e. The Balaban J connectivity index is 1.59. The van der Waals surface area contributed by atoms with Gasteiger partial charge >= 0.3 is 0 Å². The number of fused-ring (bicyclic) bond motifs is 2. The zero-order valence-electron chi connectivity index (χ0n) is 15.2. The van der Waals surface area contributed by atoms with Crippen molar-refractivity contribution in [1.29, 1.82) is 0 Å². The summed E-state index contributed by atoms with van der Waals surface area (Å²) in [6, 6.07) is 6.88. The highest BCUT2D eigenvalue weighted by molar-refractivity contribution is 5.42. The van der Waals surface area contributed by atoms with Crippen molar-refractivity contribution in [3.63, 3.8) is 0 Å². The van der Waals surface area contributed by atoms with Gasteiger partial charge in [-0.15, -0.1) is 0 Å². The second-order valence-electron chi connectivity index (χ2n) is 8.06. The Bertz CT molecular complexity index is 569. The summed E-state index contributed by atoms with van der Waals surface area (Å²) in [4.78, 5) is 0.